The summed E-state index contributed by atoms with van der Waals surface area (Å²) in [6.45, 7) is 4.73. The second-order valence-corrected chi connectivity index (χ2v) is 7.18. The normalized spacial score (nSPS) is 15.9. The molecule has 1 saturated heterocycles. The van der Waals surface area contributed by atoms with Crippen molar-refractivity contribution >= 4 is 42.4 Å². The number of rotatable bonds is 7. The molecule has 0 amide bonds. The number of nitrogens with zero attached hydrogens (tertiary/aromatic N) is 2. The van der Waals surface area contributed by atoms with E-state index in [0.717, 1.165) is 37.7 Å². The van der Waals surface area contributed by atoms with Gasteiger partial charge in [0, 0.05) is 37.6 Å². The molecule has 154 valence electrons. The SMILES string of the molecule is Cl.Cl.O=C(O)CCCN1CCN(C(c2ccccc2)c2ccc(Cl)cc2)CC1. The van der Waals surface area contributed by atoms with E-state index in [1.807, 2.05) is 18.2 Å². The summed E-state index contributed by atoms with van der Waals surface area (Å²) in [6, 6.07) is 18.9. The third kappa shape index (κ3) is 6.94. The molecule has 1 N–H and O–H groups in total. The molecule has 1 aliphatic rings. The molecule has 28 heavy (non-hydrogen) atoms. The van der Waals surface area contributed by atoms with Crippen molar-refractivity contribution in [3.63, 3.8) is 0 Å². The zero-order chi connectivity index (χ0) is 18.4. The number of halogens is 3. The van der Waals surface area contributed by atoms with Crippen LogP contribution in [0, 0.1) is 0 Å². The number of hydrogen-bond donors (Lipinski definition) is 1. The molecule has 0 spiro atoms. The van der Waals surface area contributed by atoms with E-state index in [0.29, 0.717) is 6.42 Å². The maximum absolute atomic E-state index is 10.7. The number of carboxylic acids is 1. The summed E-state index contributed by atoms with van der Waals surface area (Å²) in [4.78, 5) is 15.6. The molecule has 0 radical (unpaired) electrons. The summed E-state index contributed by atoms with van der Waals surface area (Å²) in [6.07, 6.45) is 0.965. The van der Waals surface area contributed by atoms with Crippen molar-refractivity contribution in [3.05, 3.63) is 70.7 Å². The summed E-state index contributed by atoms with van der Waals surface area (Å²) < 4.78 is 0. The van der Waals surface area contributed by atoms with E-state index < -0.39 is 5.97 Å². The first-order valence-corrected chi connectivity index (χ1v) is 9.50. The van der Waals surface area contributed by atoms with Gasteiger partial charge in [-0.25, -0.2) is 0 Å². The third-order valence-electron chi connectivity index (χ3n) is 4.94. The second kappa shape index (κ2) is 12.3. The van der Waals surface area contributed by atoms with Crippen LogP contribution in [-0.2, 0) is 4.79 Å². The fourth-order valence-electron chi connectivity index (χ4n) is 3.59. The fraction of sp³-hybridized carbons (Fsp3) is 0.381. The van der Waals surface area contributed by atoms with E-state index in [1.165, 1.54) is 11.1 Å². The Morgan fingerprint density at radius 2 is 1.50 bits per heavy atom. The Bertz CT molecular complexity index is 705. The summed E-state index contributed by atoms with van der Waals surface area (Å²) in [5.41, 5.74) is 2.54. The van der Waals surface area contributed by atoms with Crippen LogP contribution in [0.2, 0.25) is 5.02 Å². The zero-order valence-corrected chi connectivity index (χ0v) is 18.1. The summed E-state index contributed by atoms with van der Waals surface area (Å²) in [7, 11) is 0. The molecule has 1 heterocycles. The summed E-state index contributed by atoms with van der Waals surface area (Å²) in [5.74, 6) is -0.712. The molecular weight excluding hydrogens is 419 g/mol. The lowest BCUT2D eigenvalue weighted by atomic mass is 9.96. The first-order chi connectivity index (χ1) is 12.6. The topological polar surface area (TPSA) is 43.8 Å². The number of carbonyl (C=O) groups is 1. The van der Waals surface area contributed by atoms with Crippen LogP contribution in [0.25, 0.3) is 0 Å². The summed E-state index contributed by atoms with van der Waals surface area (Å²) >= 11 is 6.08. The summed E-state index contributed by atoms with van der Waals surface area (Å²) in [5, 5.41) is 9.55. The highest BCUT2D eigenvalue weighted by molar-refractivity contribution is 6.30. The smallest absolute Gasteiger partial charge is 0.303 e. The van der Waals surface area contributed by atoms with E-state index in [2.05, 4.69) is 46.2 Å². The molecule has 0 bridgehead atoms. The molecule has 2 aromatic carbocycles. The number of piperazine rings is 1. The van der Waals surface area contributed by atoms with Gasteiger partial charge in [0.1, 0.15) is 0 Å². The second-order valence-electron chi connectivity index (χ2n) is 6.74. The van der Waals surface area contributed by atoms with Crippen molar-refractivity contribution in [1.82, 2.24) is 9.80 Å². The van der Waals surface area contributed by atoms with Gasteiger partial charge in [0.05, 0.1) is 6.04 Å². The first-order valence-electron chi connectivity index (χ1n) is 9.12. The molecule has 4 nitrogen and oxygen atoms in total. The predicted octanol–water partition coefficient (Wildman–Crippen LogP) is 4.76. The molecule has 0 aliphatic carbocycles. The van der Waals surface area contributed by atoms with E-state index in [-0.39, 0.29) is 37.3 Å². The Morgan fingerprint density at radius 3 is 2.07 bits per heavy atom. The monoisotopic (exact) mass is 444 g/mol. The average molecular weight is 446 g/mol. The van der Waals surface area contributed by atoms with Crippen molar-refractivity contribution in [3.8, 4) is 0 Å². The van der Waals surface area contributed by atoms with Crippen LogP contribution >= 0.6 is 36.4 Å². The molecule has 1 atom stereocenters. The predicted molar refractivity (Wildman–Crippen MR) is 119 cm³/mol. The highest BCUT2D eigenvalue weighted by atomic mass is 35.5. The molecule has 3 rings (SSSR count). The Kier molecular flexibility index (Phi) is 10.9. The quantitative estimate of drug-likeness (QED) is 0.667. The van der Waals surface area contributed by atoms with Gasteiger partial charge in [0.2, 0.25) is 0 Å². The van der Waals surface area contributed by atoms with Crippen LogP contribution in [0.3, 0.4) is 0 Å². The van der Waals surface area contributed by atoms with Crippen LogP contribution in [0.15, 0.2) is 54.6 Å². The number of benzene rings is 2. The Morgan fingerprint density at radius 1 is 0.929 bits per heavy atom. The molecule has 1 aliphatic heterocycles. The van der Waals surface area contributed by atoms with Gasteiger partial charge in [-0.15, -0.1) is 24.8 Å². The lowest BCUT2D eigenvalue weighted by molar-refractivity contribution is -0.137. The van der Waals surface area contributed by atoms with Crippen LogP contribution in [0.4, 0.5) is 0 Å². The molecule has 1 unspecified atom stereocenters. The Hall–Kier alpha value is -1.30. The van der Waals surface area contributed by atoms with Crippen molar-refractivity contribution in [2.45, 2.75) is 18.9 Å². The zero-order valence-electron chi connectivity index (χ0n) is 15.7. The molecule has 1 fully saturated rings. The van der Waals surface area contributed by atoms with Crippen LogP contribution in [0.1, 0.15) is 30.0 Å². The number of aliphatic carboxylic acids is 1. The number of hydrogen-bond acceptors (Lipinski definition) is 3. The van der Waals surface area contributed by atoms with E-state index in [9.17, 15) is 4.79 Å². The minimum atomic E-state index is -0.712. The number of carboxylic acid groups (broad SMARTS) is 1. The standard InChI is InChI=1S/C21H25ClN2O2.2ClH/c22-19-10-8-18(9-11-19)21(17-5-2-1-3-6-17)24-15-13-23(14-16-24)12-4-7-20(25)26;;/h1-3,5-6,8-11,21H,4,7,12-16H2,(H,25,26);2*1H. The van der Waals surface area contributed by atoms with Gasteiger partial charge in [0.15, 0.2) is 0 Å². The Labute approximate surface area is 184 Å². The highest BCUT2D eigenvalue weighted by Crippen LogP contribution is 2.30. The first kappa shape index (κ1) is 24.7. The minimum absolute atomic E-state index is 0. The van der Waals surface area contributed by atoms with Gasteiger partial charge < -0.3 is 10.0 Å². The molecular formula is C21H27Cl3N2O2. The van der Waals surface area contributed by atoms with Gasteiger partial charge in [-0.1, -0.05) is 54.1 Å². The third-order valence-corrected chi connectivity index (χ3v) is 5.19. The van der Waals surface area contributed by atoms with Crippen molar-refractivity contribution in [2.75, 3.05) is 32.7 Å². The van der Waals surface area contributed by atoms with Gasteiger partial charge in [-0.2, -0.15) is 0 Å². The van der Waals surface area contributed by atoms with E-state index >= 15 is 0 Å². The van der Waals surface area contributed by atoms with Crippen LogP contribution < -0.4 is 0 Å². The van der Waals surface area contributed by atoms with Gasteiger partial charge >= 0.3 is 5.97 Å². The highest BCUT2D eigenvalue weighted by Gasteiger charge is 2.26. The fourth-order valence-corrected chi connectivity index (χ4v) is 3.72. The maximum Gasteiger partial charge on any atom is 0.303 e. The molecule has 0 saturated carbocycles. The van der Waals surface area contributed by atoms with Crippen LogP contribution in [0.5, 0.6) is 0 Å². The van der Waals surface area contributed by atoms with Gasteiger partial charge in [-0.05, 0) is 36.2 Å². The van der Waals surface area contributed by atoms with E-state index in [1.54, 1.807) is 0 Å². The molecule has 0 aromatic heterocycles. The van der Waals surface area contributed by atoms with Gasteiger partial charge in [0.25, 0.3) is 0 Å². The van der Waals surface area contributed by atoms with E-state index in [4.69, 9.17) is 16.7 Å². The lowest BCUT2D eigenvalue weighted by Crippen LogP contribution is -2.48. The van der Waals surface area contributed by atoms with Crippen molar-refractivity contribution in [2.24, 2.45) is 0 Å². The average Bonchev–Trinajstić information content (AvgIpc) is 2.65. The minimum Gasteiger partial charge on any atom is -0.481 e. The Balaban J connectivity index is 0.00000196. The van der Waals surface area contributed by atoms with Crippen LogP contribution in [-0.4, -0.2) is 53.6 Å². The maximum atomic E-state index is 10.7. The molecule has 7 heteroatoms. The van der Waals surface area contributed by atoms with Crippen molar-refractivity contribution < 1.29 is 9.90 Å². The largest absolute Gasteiger partial charge is 0.481 e. The van der Waals surface area contributed by atoms with Gasteiger partial charge in [-0.3, -0.25) is 9.69 Å². The molecule has 2 aromatic rings. The van der Waals surface area contributed by atoms with Crippen molar-refractivity contribution in [1.29, 1.82) is 0 Å². The lowest BCUT2D eigenvalue weighted by Gasteiger charge is -2.39.